The second-order valence-corrected chi connectivity index (χ2v) is 9.15. The lowest BCUT2D eigenvalue weighted by molar-refractivity contribution is -0.0805. The molecule has 0 unspecified atom stereocenters. The van der Waals surface area contributed by atoms with Crippen LogP contribution in [0.1, 0.15) is 28.0 Å². The molecule has 4 aromatic rings. The first-order valence-corrected chi connectivity index (χ1v) is 12.1. The van der Waals surface area contributed by atoms with Crippen molar-refractivity contribution in [3.63, 3.8) is 0 Å². The Morgan fingerprint density at radius 3 is 2.51 bits per heavy atom. The van der Waals surface area contributed by atoms with E-state index >= 15 is 0 Å². The minimum Gasteiger partial charge on any atom is -0.394 e. The molecule has 37 heavy (non-hydrogen) atoms. The summed E-state index contributed by atoms with van der Waals surface area (Å²) in [7, 11) is 0. The number of aliphatic hydroxyl groups is 4. The number of carbonyl (C=O) groups excluding carboxylic acids is 1. The molecule has 2 heterocycles. The molecule has 2 aromatic carbocycles. The van der Waals surface area contributed by atoms with Crippen LogP contribution in [-0.2, 0) is 13.1 Å². The number of rotatable bonds is 10. The van der Waals surface area contributed by atoms with Gasteiger partial charge >= 0.3 is 0 Å². The van der Waals surface area contributed by atoms with Crippen LogP contribution in [0.5, 0.6) is 0 Å². The van der Waals surface area contributed by atoms with E-state index in [-0.39, 0.29) is 5.69 Å². The lowest BCUT2D eigenvalue weighted by Gasteiger charge is -2.23. The molecule has 1 amide bonds. The van der Waals surface area contributed by atoms with Gasteiger partial charge < -0.3 is 34.9 Å². The van der Waals surface area contributed by atoms with Crippen LogP contribution >= 0.6 is 0 Å². The SMILES string of the molecule is Cc1cc2nc(C(=O)NCCCn3cnc4ccccc43)c(=O)n(C[C@H](O)[C@H](O)[C@H](O)CO)c2cc1C. The van der Waals surface area contributed by atoms with Crippen LogP contribution in [-0.4, -0.2) is 76.9 Å². The smallest absolute Gasteiger partial charge is 0.282 e. The first-order valence-electron chi connectivity index (χ1n) is 12.1. The number of nitrogens with zero attached hydrogens (tertiary/aromatic N) is 4. The highest BCUT2D eigenvalue weighted by molar-refractivity contribution is 5.94. The molecule has 3 atom stereocenters. The number of benzene rings is 2. The molecule has 0 aliphatic carbocycles. The first-order chi connectivity index (χ1) is 17.7. The number of hydrogen-bond acceptors (Lipinski definition) is 8. The lowest BCUT2D eigenvalue weighted by Crippen LogP contribution is -2.44. The molecule has 0 saturated carbocycles. The van der Waals surface area contributed by atoms with Crippen molar-refractivity contribution < 1.29 is 25.2 Å². The number of aryl methyl sites for hydroxylation is 3. The molecule has 0 aliphatic rings. The van der Waals surface area contributed by atoms with Crippen molar-refractivity contribution in [2.24, 2.45) is 0 Å². The number of fused-ring (bicyclic) bond motifs is 2. The number of imidazole rings is 1. The molecule has 0 fully saturated rings. The molecule has 196 valence electrons. The van der Waals surface area contributed by atoms with Gasteiger partial charge in [-0.05, 0) is 55.7 Å². The van der Waals surface area contributed by atoms with E-state index in [0.717, 1.165) is 22.2 Å². The highest BCUT2D eigenvalue weighted by Crippen LogP contribution is 2.18. The minimum atomic E-state index is -1.69. The summed E-state index contributed by atoms with van der Waals surface area (Å²) in [4.78, 5) is 34.9. The highest BCUT2D eigenvalue weighted by atomic mass is 16.4. The lowest BCUT2D eigenvalue weighted by atomic mass is 10.1. The highest BCUT2D eigenvalue weighted by Gasteiger charge is 2.27. The summed E-state index contributed by atoms with van der Waals surface area (Å²) >= 11 is 0. The van der Waals surface area contributed by atoms with Crippen molar-refractivity contribution >= 4 is 28.0 Å². The Bertz CT molecular complexity index is 1480. The zero-order chi connectivity index (χ0) is 26.7. The standard InChI is InChI=1S/C26H31N5O6/c1-15-10-18-20(11-16(15)2)31(12-21(33)24(35)22(34)13-32)26(37)23(29-18)25(36)27-8-5-9-30-14-28-17-6-3-4-7-19(17)30/h3-4,6-7,10-11,14,21-22,24,32-35H,5,8-9,12-13H2,1-2H3,(H,27,36)/t21-,22+,24-/m0/s1. The topological polar surface area (TPSA) is 163 Å². The van der Waals surface area contributed by atoms with E-state index in [2.05, 4.69) is 15.3 Å². The molecule has 11 heteroatoms. The molecule has 2 aromatic heterocycles. The van der Waals surface area contributed by atoms with E-state index in [1.807, 2.05) is 42.7 Å². The summed E-state index contributed by atoms with van der Waals surface area (Å²) in [5, 5.41) is 42.1. The molecule has 0 radical (unpaired) electrons. The van der Waals surface area contributed by atoms with E-state index in [0.29, 0.717) is 30.5 Å². The second kappa shape index (κ2) is 11.2. The average Bonchev–Trinajstić information content (AvgIpc) is 3.31. The maximum Gasteiger partial charge on any atom is 0.282 e. The van der Waals surface area contributed by atoms with Crippen LogP contribution in [0.25, 0.3) is 22.1 Å². The van der Waals surface area contributed by atoms with Gasteiger partial charge in [0.1, 0.15) is 18.3 Å². The minimum absolute atomic E-state index is 0.293. The molecular formula is C26H31N5O6. The third-order valence-electron chi connectivity index (χ3n) is 6.51. The van der Waals surface area contributed by atoms with Gasteiger partial charge in [0.25, 0.3) is 11.5 Å². The Morgan fingerprint density at radius 2 is 1.76 bits per heavy atom. The van der Waals surface area contributed by atoms with Crippen molar-refractivity contribution in [3.8, 4) is 0 Å². The van der Waals surface area contributed by atoms with E-state index < -0.39 is 42.9 Å². The van der Waals surface area contributed by atoms with Crippen molar-refractivity contribution in [2.75, 3.05) is 13.2 Å². The molecule has 0 spiro atoms. The van der Waals surface area contributed by atoms with Crippen LogP contribution < -0.4 is 10.9 Å². The summed E-state index contributed by atoms with van der Waals surface area (Å²) in [5.74, 6) is -0.653. The van der Waals surface area contributed by atoms with Crippen LogP contribution in [0.15, 0.2) is 47.5 Å². The Labute approximate surface area is 212 Å². The Hall–Kier alpha value is -3.64. The van der Waals surface area contributed by atoms with Gasteiger partial charge in [-0.2, -0.15) is 0 Å². The number of carbonyl (C=O) groups is 1. The summed E-state index contributed by atoms with van der Waals surface area (Å²) in [6, 6.07) is 11.2. The Morgan fingerprint density at radius 1 is 1.03 bits per heavy atom. The van der Waals surface area contributed by atoms with Gasteiger partial charge in [-0.25, -0.2) is 9.97 Å². The summed E-state index contributed by atoms with van der Waals surface area (Å²) in [6.07, 6.45) is -2.52. The maximum atomic E-state index is 13.3. The zero-order valence-corrected chi connectivity index (χ0v) is 20.7. The monoisotopic (exact) mass is 509 g/mol. The number of amides is 1. The van der Waals surface area contributed by atoms with Crippen molar-refractivity contribution in [2.45, 2.75) is 51.7 Å². The fraction of sp³-hybridized carbons (Fsp3) is 0.385. The normalized spacial score (nSPS) is 14.1. The third kappa shape index (κ3) is 5.54. The van der Waals surface area contributed by atoms with Crippen molar-refractivity contribution in [1.82, 2.24) is 24.4 Å². The van der Waals surface area contributed by atoms with E-state index in [9.17, 15) is 24.9 Å². The van der Waals surface area contributed by atoms with Crippen molar-refractivity contribution in [1.29, 1.82) is 0 Å². The van der Waals surface area contributed by atoms with Gasteiger partial charge in [0.05, 0.1) is 41.5 Å². The van der Waals surface area contributed by atoms with Crippen LogP contribution in [0, 0.1) is 13.8 Å². The quantitative estimate of drug-likeness (QED) is 0.190. The summed E-state index contributed by atoms with van der Waals surface area (Å²) < 4.78 is 3.15. The predicted octanol–water partition coefficient (Wildman–Crippen LogP) is 0.258. The number of aliphatic hydroxyl groups excluding tert-OH is 4. The first kappa shape index (κ1) is 26.4. The zero-order valence-electron chi connectivity index (χ0n) is 20.7. The number of aromatic nitrogens is 4. The number of para-hydroxylation sites is 2. The van der Waals surface area contributed by atoms with Gasteiger partial charge in [0.2, 0.25) is 0 Å². The second-order valence-electron chi connectivity index (χ2n) is 9.15. The summed E-state index contributed by atoms with van der Waals surface area (Å²) in [5.41, 5.74) is 3.33. The van der Waals surface area contributed by atoms with Gasteiger partial charge in [0, 0.05) is 13.1 Å². The Kier molecular flexibility index (Phi) is 7.98. The molecule has 5 N–H and O–H groups in total. The average molecular weight is 510 g/mol. The van der Waals surface area contributed by atoms with Crippen LogP contribution in [0.2, 0.25) is 0 Å². The molecule has 0 saturated heterocycles. The Balaban J connectivity index is 1.55. The van der Waals surface area contributed by atoms with Gasteiger partial charge in [-0.3, -0.25) is 9.59 Å². The number of nitrogens with one attached hydrogen (secondary N) is 1. The van der Waals surface area contributed by atoms with Gasteiger partial charge in [-0.1, -0.05) is 12.1 Å². The molecule has 0 bridgehead atoms. The fourth-order valence-electron chi connectivity index (χ4n) is 4.21. The molecule has 11 nitrogen and oxygen atoms in total. The maximum absolute atomic E-state index is 13.3. The number of hydrogen-bond donors (Lipinski definition) is 5. The molecule has 0 aliphatic heterocycles. The molecular weight excluding hydrogens is 478 g/mol. The van der Waals surface area contributed by atoms with Crippen molar-refractivity contribution in [3.05, 3.63) is 69.9 Å². The fourth-order valence-corrected chi connectivity index (χ4v) is 4.21. The van der Waals surface area contributed by atoms with E-state index in [1.165, 1.54) is 4.57 Å². The summed E-state index contributed by atoms with van der Waals surface area (Å²) in [6.45, 7) is 3.47. The van der Waals surface area contributed by atoms with Crippen LogP contribution in [0.3, 0.4) is 0 Å². The van der Waals surface area contributed by atoms with Crippen LogP contribution in [0.4, 0.5) is 0 Å². The van der Waals surface area contributed by atoms with E-state index in [1.54, 1.807) is 18.5 Å². The predicted molar refractivity (Wildman–Crippen MR) is 137 cm³/mol. The largest absolute Gasteiger partial charge is 0.394 e. The van der Waals surface area contributed by atoms with E-state index in [4.69, 9.17) is 5.11 Å². The van der Waals surface area contributed by atoms with Gasteiger partial charge in [-0.15, -0.1) is 0 Å². The van der Waals surface area contributed by atoms with Gasteiger partial charge in [0.15, 0.2) is 5.69 Å². The molecule has 4 rings (SSSR count). The third-order valence-corrected chi connectivity index (χ3v) is 6.51.